The molecule has 2 rings (SSSR count). The van der Waals surface area contributed by atoms with Gasteiger partial charge < -0.3 is 4.90 Å². The highest BCUT2D eigenvalue weighted by Crippen LogP contribution is 2.29. The van der Waals surface area contributed by atoms with Gasteiger partial charge in [-0.05, 0) is 54.8 Å². The third-order valence-electron chi connectivity index (χ3n) is 3.29. The second-order valence-corrected chi connectivity index (χ2v) is 5.27. The first kappa shape index (κ1) is 14.4. The van der Waals surface area contributed by atoms with Gasteiger partial charge in [-0.2, -0.15) is 5.26 Å². The molecule has 0 bridgehead atoms. The summed E-state index contributed by atoms with van der Waals surface area (Å²) in [5.74, 6) is 0.419. The molecule has 0 saturated carbocycles. The monoisotopic (exact) mass is 284 g/mol. The second-order valence-electron chi connectivity index (χ2n) is 5.00. The molecule has 2 aromatic carbocycles. The maximum Gasteiger partial charge on any atom is 0.101 e. The van der Waals surface area contributed by atoms with Gasteiger partial charge in [-0.3, -0.25) is 0 Å². The van der Waals surface area contributed by atoms with Crippen LogP contribution in [0.4, 0.5) is 11.4 Å². The zero-order valence-corrected chi connectivity index (χ0v) is 12.7. The lowest BCUT2D eigenvalue weighted by molar-refractivity contribution is 1.18. The van der Waals surface area contributed by atoms with Crippen LogP contribution in [0.2, 0.25) is 0 Å². The van der Waals surface area contributed by atoms with Gasteiger partial charge in [0.15, 0.2) is 0 Å². The molecular formula is C17H17ClN2. The van der Waals surface area contributed by atoms with Crippen LogP contribution in [0.25, 0.3) is 0 Å². The molecule has 0 aromatic heterocycles. The summed E-state index contributed by atoms with van der Waals surface area (Å²) in [7, 11) is 1.98. The van der Waals surface area contributed by atoms with E-state index in [0.717, 1.165) is 16.9 Å². The lowest BCUT2D eigenvalue weighted by atomic mass is 10.1. The van der Waals surface area contributed by atoms with Crippen LogP contribution < -0.4 is 4.90 Å². The Hall–Kier alpha value is -1.98. The zero-order chi connectivity index (χ0) is 14.7. The van der Waals surface area contributed by atoms with Crippen LogP contribution in [0.5, 0.6) is 0 Å². The number of rotatable bonds is 3. The molecule has 0 fully saturated rings. The number of nitrogens with zero attached hydrogens (tertiary/aromatic N) is 2. The molecule has 0 aliphatic carbocycles. The van der Waals surface area contributed by atoms with Crippen LogP contribution in [0.3, 0.4) is 0 Å². The number of alkyl halides is 1. The Labute approximate surface area is 125 Å². The first-order valence-corrected chi connectivity index (χ1v) is 6.99. The Bertz CT molecular complexity index is 651. The quantitative estimate of drug-likeness (QED) is 0.765. The molecule has 0 N–H and O–H groups in total. The molecule has 0 aliphatic rings. The summed E-state index contributed by atoms with van der Waals surface area (Å²) < 4.78 is 0. The van der Waals surface area contributed by atoms with Gasteiger partial charge in [0.25, 0.3) is 0 Å². The largest absolute Gasteiger partial charge is 0.344 e. The standard InChI is InChI=1S/C17H17ClN2/c1-12-6-13(2)8-16(7-12)20(3)17-5-4-14(10-18)9-15(17)11-19/h4-9H,10H2,1-3H3. The van der Waals surface area contributed by atoms with Crippen molar-refractivity contribution in [3.05, 3.63) is 58.7 Å². The highest BCUT2D eigenvalue weighted by atomic mass is 35.5. The van der Waals surface area contributed by atoms with Gasteiger partial charge in [0.05, 0.1) is 11.3 Å². The number of halogens is 1. The molecule has 0 radical (unpaired) electrons. The third-order valence-corrected chi connectivity index (χ3v) is 3.60. The van der Waals surface area contributed by atoms with E-state index in [4.69, 9.17) is 11.6 Å². The van der Waals surface area contributed by atoms with Crippen molar-refractivity contribution in [1.29, 1.82) is 5.26 Å². The summed E-state index contributed by atoms with van der Waals surface area (Å²) in [6.45, 7) is 4.15. The van der Waals surface area contributed by atoms with Gasteiger partial charge in [0.2, 0.25) is 0 Å². The average Bonchev–Trinajstić information content (AvgIpc) is 2.44. The maximum atomic E-state index is 9.32. The summed E-state index contributed by atoms with van der Waals surface area (Å²) in [5.41, 5.74) is 6.00. The molecule has 3 heteroatoms. The van der Waals surface area contributed by atoms with Crippen molar-refractivity contribution in [2.45, 2.75) is 19.7 Å². The number of aryl methyl sites for hydroxylation is 2. The van der Waals surface area contributed by atoms with Crippen molar-refractivity contribution >= 4 is 23.0 Å². The molecule has 0 unspecified atom stereocenters. The number of nitriles is 1. The van der Waals surface area contributed by atoms with E-state index in [1.54, 1.807) is 0 Å². The lowest BCUT2D eigenvalue weighted by Crippen LogP contribution is -2.11. The molecule has 2 aromatic rings. The van der Waals surface area contributed by atoms with Crippen molar-refractivity contribution in [1.82, 2.24) is 0 Å². The predicted octanol–water partition coefficient (Wildman–Crippen LogP) is 4.68. The average molecular weight is 285 g/mol. The van der Waals surface area contributed by atoms with E-state index >= 15 is 0 Å². The predicted molar refractivity (Wildman–Crippen MR) is 84.7 cm³/mol. The van der Waals surface area contributed by atoms with E-state index in [1.165, 1.54) is 11.1 Å². The van der Waals surface area contributed by atoms with E-state index < -0.39 is 0 Å². The zero-order valence-electron chi connectivity index (χ0n) is 11.9. The molecule has 20 heavy (non-hydrogen) atoms. The molecular weight excluding hydrogens is 268 g/mol. The molecule has 102 valence electrons. The Morgan fingerprint density at radius 3 is 2.30 bits per heavy atom. The normalized spacial score (nSPS) is 10.2. The first-order chi connectivity index (χ1) is 9.55. The summed E-state index contributed by atoms with van der Waals surface area (Å²) in [6, 6.07) is 14.4. The van der Waals surface area contributed by atoms with Gasteiger partial charge in [-0.25, -0.2) is 0 Å². The van der Waals surface area contributed by atoms with Crippen molar-refractivity contribution in [2.24, 2.45) is 0 Å². The van der Waals surface area contributed by atoms with Crippen LogP contribution in [-0.4, -0.2) is 7.05 Å². The van der Waals surface area contributed by atoms with Gasteiger partial charge in [0, 0.05) is 18.6 Å². The maximum absolute atomic E-state index is 9.32. The van der Waals surface area contributed by atoms with Gasteiger partial charge >= 0.3 is 0 Å². The molecule has 0 saturated heterocycles. The van der Waals surface area contributed by atoms with E-state index in [2.05, 4.69) is 38.1 Å². The Kier molecular flexibility index (Phi) is 4.32. The molecule has 0 amide bonds. The fourth-order valence-corrected chi connectivity index (χ4v) is 2.50. The fourth-order valence-electron chi connectivity index (χ4n) is 2.33. The second kappa shape index (κ2) is 5.98. The molecule has 0 atom stereocenters. The van der Waals surface area contributed by atoms with Crippen molar-refractivity contribution in [2.75, 3.05) is 11.9 Å². The van der Waals surface area contributed by atoms with E-state index in [1.807, 2.05) is 30.1 Å². The first-order valence-electron chi connectivity index (χ1n) is 6.46. The van der Waals surface area contributed by atoms with Gasteiger partial charge in [0.1, 0.15) is 6.07 Å². The fraction of sp³-hybridized carbons (Fsp3) is 0.235. The van der Waals surface area contributed by atoms with Crippen LogP contribution in [0.1, 0.15) is 22.3 Å². The van der Waals surface area contributed by atoms with Crippen LogP contribution in [0.15, 0.2) is 36.4 Å². The molecule has 2 nitrogen and oxygen atoms in total. The van der Waals surface area contributed by atoms with Crippen molar-refractivity contribution < 1.29 is 0 Å². The summed E-state index contributed by atoms with van der Waals surface area (Å²) in [4.78, 5) is 2.04. The Morgan fingerprint density at radius 2 is 1.75 bits per heavy atom. The van der Waals surface area contributed by atoms with E-state index in [-0.39, 0.29) is 0 Å². The van der Waals surface area contributed by atoms with Crippen LogP contribution in [0, 0.1) is 25.2 Å². The molecule has 0 aliphatic heterocycles. The van der Waals surface area contributed by atoms with E-state index in [9.17, 15) is 5.26 Å². The molecule has 0 spiro atoms. The topological polar surface area (TPSA) is 27.0 Å². The highest BCUT2D eigenvalue weighted by Gasteiger charge is 2.10. The summed E-state index contributed by atoms with van der Waals surface area (Å²) in [6.07, 6.45) is 0. The van der Waals surface area contributed by atoms with Crippen LogP contribution in [-0.2, 0) is 5.88 Å². The smallest absolute Gasteiger partial charge is 0.101 e. The van der Waals surface area contributed by atoms with Crippen molar-refractivity contribution in [3.8, 4) is 6.07 Å². The van der Waals surface area contributed by atoms with Crippen LogP contribution >= 0.6 is 11.6 Å². The Balaban J connectivity index is 2.47. The number of anilines is 2. The number of hydrogen-bond donors (Lipinski definition) is 0. The Morgan fingerprint density at radius 1 is 1.10 bits per heavy atom. The number of benzene rings is 2. The minimum atomic E-state index is 0.419. The number of hydrogen-bond acceptors (Lipinski definition) is 2. The van der Waals surface area contributed by atoms with Crippen molar-refractivity contribution in [3.63, 3.8) is 0 Å². The minimum absolute atomic E-state index is 0.419. The minimum Gasteiger partial charge on any atom is -0.344 e. The summed E-state index contributed by atoms with van der Waals surface area (Å²) in [5, 5.41) is 9.32. The molecule has 0 heterocycles. The van der Waals surface area contributed by atoms with Gasteiger partial charge in [-0.1, -0.05) is 12.1 Å². The highest BCUT2D eigenvalue weighted by molar-refractivity contribution is 6.17. The van der Waals surface area contributed by atoms with Gasteiger partial charge in [-0.15, -0.1) is 11.6 Å². The SMILES string of the molecule is Cc1cc(C)cc(N(C)c2ccc(CCl)cc2C#N)c1. The third kappa shape index (κ3) is 2.95. The summed E-state index contributed by atoms with van der Waals surface area (Å²) >= 11 is 5.82. The van der Waals surface area contributed by atoms with E-state index in [0.29, 0.717) is 11.4 Å². The lowest BCUT2D eigenvalue weighted by Gasteiger charge is -2.22.